The molecule has 0 radical (unpaired) electrons. The average Bonchev–Trinajstić information content (AvgIpc) is 3.51. The summed E-state index contributed by atoms with van der Waals surface area (Å²) in [4.78, 5) is 27.2. The number of carbonyl (C=O) groups is 2. The van der Waals surface area contributed by atoms with E-state index in [4.69, 9.17) is 11.6 Å². The molecular formula is C23H27ClFN3O5S. The van der Waals surface area contributed by atoms with Crippen molar-refractivity contribution >= 4 is 33.3 Å². The number of aliphatic hydroxyl groups excluding tert-OH is 1. The van der Waals surface area contributed by atoms with Crippen molar-refractivity contribution in [3.05, 3.63) is 58.1 Å². The number of hydrogen-bond donors (Lipinski definition) is 2. The summed E-state index contributed by atoms with van der Waals surface area (Å²) in [6, 6.07) is 7.88. The SMILES string of the molecule is CC(C)(CO)S(=O)(=O)C1(CN2CCn3c(cc(F)c3C(=O)NCc3ccc(Cl)cc3)C2=O)CC1. The summed E-state index contributed by atoms with van der Waals surface area (Å²) in [6.07, 6.45) is 0.798. The molecule has 0 atom stereocenters. The zero-order chi connectivity index (χ0) is 24.9. The number of nitrogens with one attached hydrogen (secondary N) is 1. The fourth-order valence-corrected chi connectivity index (χ4v) is 6.76. The molecule has 2 aromatic rings. The molecule has 2 heterocycles. The van der Waals surface area contributed by atoms with Crippen molar-refractivity contribution in [3.8, 4) is 0 Å². The van der Waals surface area contributed by atoms with Crippen LogP contribution < -0.4 is 5.32 Å². The molecule has 34 heavy (non-hydrogen) atoms. The molecule has 1 aromatic carbocycles. The molecule has 0 saturated heterocycles. The van der Waals surface area contributed by atoms with E-state index in [-0.39, 0.29) is 37.6 Å². The first-order valence-corrected chi connectivity index (χ1v) is 12.8. The number of sulfone groups is 1. The second-order valence-corrected chi connectivity index (χ2v) is 12.9. The Morgan fingerprint density at radius 1 is 1.24 bits per heavy atom. The van der Waals surface area contributed by atoms with Crippen LogP contribution >= 0.6 is 11.6 Å². The lowest BCUT2D eigenvalue weighted by molar-refractivity contribution is 0.0698. The maximum Gasteiger partial charge on any atom is 0.271 e. The van der Waals surface area contributed by atoms with Crippen LogP contribution in [-0.4, -0.2) is 64.0 Å². The number of nitrogens with zero attached hydrogens (tertiary/aromatic N) is 2. The summed E-state index contributed by atoms with van der Waals surface area (Å²) in [5, 5.41) is 12.8. The van der Waals surface area contributed by atoms with Gasteiger partial charge in [0.15, 0.2) is 15.7 Å². The van der Waals surface area contributed by atoms with Gasteiger partial charge in [-0.3, -0.25) is 9.59 Å². The Morgan fingerprint density at radius 3 is 2.47 bits per heavy atom. The van der Waals surface area contributed by atoms with Crippen LogP contribution in [0, 0.1) is 5.82 Å². The summed E-state index contributed by atoms with van der Waals surface area (Å²) < 4.78 is 39.9. The molecule has 1 aliphatic heterocycles. The molecule has 1 saturated carbocycles. The highest BCUT2D eigenvalue weighted by molar-refractivity contribution is 7.94. The van der Waals surface area contributed by atoms with Gasteiger partial charge in [-0.15, -0.1) is 0 Å². The lowest BCUT2D eigenvalue weighted by atomic mass is 10.2. The zero-order valence-corrected chi connectivity index (χ0v) is 20.5. The Bertz CT molecular complexity index is 1240. The molecule has 184 valence electrons. The van der Waals surface area contributed by atoms with E-state index in [1.165, 1.54) is 23.3 Å². The zero-order valence-electron chi connectivity index (χ0n) is 19.0. The van der Waals surface area contributed by atoms with Gasteiger partial charge in [0.2, 0.25) is 0 Å². The lowest BCUT2D eigenvalue weighted by Crippen LogP contribution is -2.52. The van der Waals surface area contributed by atoms with Crippen molar-refractivity contribution in [2.24, 2.45) is 0 Å². The van der Waals surface area contributed by atoms with Gasteiger partial charge in [-0.25, -0.2) is 12.8 Å². The van der Waals surface area contributed by atoms with Crippen LogP contribution in [-0.2, 0) is 22.9 Å². The van der Waals surface area contributed by atoms with Crippen LogP contribution in [0.5, 0.6) is 0 Å². The van der Waals surface area contributed by atoms with Crippen molar-refractivity contribution in [3.63, 3.8) is 0 Å². The quantitative estimate of drug-likeness (QED) is 0.565. The first-order valence-electron chi connectivity index (χ1n) is 11.0. The molecule has 11 heteroatoms. The number of hydrogen-bond acceptors (Lipinski definition) is 5. The standard InChI is InChI=1S/C23H27ClFN3O5S/c1-22(2,14-29)34(32,33)23(7-8-23)13-27-9-10-28-18(21(27)31)11-17(25)19(28)20(30)26-12-15-3-5-16(24)6-4-15/h3-6,11,29H,7-10,12-14H2,1-2H3,(H,26,30). The van der Waals surface area contributed by atoms with Crippen molar-refractivity contribution in [2.75, 3.05) is 19.7 Å². The van der Waals surface area contributed by atoms with Gasteiger partial charge in [0.1, 0.15) is 11.4 Å². The van der Waals surface area contributed by atoms with Crippen molar-refractivity contribution < 1.29 is 27.5 Å². The smallest absolute Gasteiger partial charge is 0.271 e. The molecule has 4 rings (SSSR count). The molecule has 2 aliphatic rings. The van der Waals surface area contributed by atoms with Crippen LogP contribution in [0.4, 0.5) is 4.39 Å². The second-order valence-electron chi connectivity index (χ2n) is 9.52. The number of aliphatic hydroxyl groups is 1. The number of halogens is 2. The molecule has 8 nitrogen and oxygen atoms in total. The Labute approximate surface area is 202 Å². The molecule has 0 unspecified atom stereocenters. The van der Waals surface area contributed by atoms with Crippen LogP contribution in [0.3, 0.4) is 0 Å². The molecule has 1 aromatic heterocycles. The van der Waals surface area contributed by atoms with Crippen molar-refractivity contribution in [1.29, 1.82) is 0 Å². The molecule has 0 bridgehead atoms. The van der Waals surface area contributed by atoms with Crippen LogP contribution in [0.15, 0.2) is 30.3 Å². The summed E-state index contributed by atoms with van der Waals surface area (Å²) in [5.41, 5.74) is 0.565. The van der Waals surface area contributed by atoms with E-state index in [1.54, 1.807) is 24.3 Å². The average molecular weight is 512 g/mol. The molecule has 1 aliphatic carbocycles. The third-order valence-corrected chi connectivity index (χ3v) is 10.2. The lowest BCUT2D eigenvalue weighted by Gasteiger charge is -2.35. The van der Waals surface area contributed by atoms with E-state index in [9.17, 15) is 27.5 Å². The highest BCUT2D eigenvalue weighted by Gasteiger charge is 2.60. The molecule has 2 N–H and O–H groups in total. The minimum absolute atomic E-state index is 0.00927. The highest BCUT2D eigenvalue weighted by atomic mass is 35.5. The summed E-state index contributed by atoms with van der Waals surface area (Å²) in [5.74, 6) is -1.98. The number of fused-ring (bicyclic) bond motifs is 1. The molecule has 1 fully saturated rings. The number of benzene rings is 1. The Morgan fingerprint density at radius 2 is 1.88 bits per heavy atom. The third-order valence-electron chi connectivity index (χ3n) is 6.70. The van der Waals surface area contributed by atoms with Gasteiger partial charge in [0, 0.05) is 37.3 Å². The topological polar surface area (TPSA) is 109 Å². The van der Waals surface area contributed by atoms with Gasteiger partial charge >= 0.3 is 0 Å². The van der Waals surface area contributed by atoms with Gasteiger partial charge in [0.25, 0.3) is 11.8 Å². The van der Waals surface area contributed by atoms with Gasteiger partial charge in [-0.2, -0.15) is 0 Å². The second kappa shape index (κ2) is 8.66. The van der Waals surface area contributed by atoms with Crippen LogP contribution in [0.2, 0.25) is 5.02 Å². The Hall–Kier alpha value is -2.43. The monoisotopic (exact) mass is 511 g/mol. The molecule has 0 spiro atoms. The van der Waals surface area contributed by atoms with Gasteiger partial charge in [-0.05, 0) is 44.4 Å². The van der Waals surface area contributed by atoms with E-state index in [0.29, 0.717) is 17.9 Å². The van der Waals surface area contributed by atoms with E-state index < -0.39 is 43.6 Å². The maximum absolute atomic E-state index is 14.7. The minimum Gasteiger partial charge on any atom is -0.395 e. The largest absolute Gasteiger partial charge is 0.395 e. The van der Waals surface area contributed by atoms with E-state index in [2.05, 4.69) is 5.32 Å². The maximum atomic E-state index is 14.7. The van der Waals surface area contributed by atoms with Crippen molar-refractivity contribution in [2.45, 2.75) is 49.3 Å². The van der Waals surface area contributed by atoms with E-state index in [0.717, 1.165) is 11.6 Å². The highest BCUT2D eigenvalue weighted by Crippen LogP contribution is 2.49. The number of rotatable bonds is 8. The predicted molar refractivity (Wildman–Crippen MR) is 125 cm³/mol. The molecule has 2 amide bonds. The third kappa shape index (κ3) is 4.12. The van der Waals surface area contributed by atoms with E-state index in [1.807, 2.05) is 0 Å². The fraction of sp³-hybridized carbons (Fsp3) is 0.478. The van der Waals surface area contributed by atoms with E-state index >= 15 is 0 Å². The summed E-state index contributed by atoms with van der Waals surface area (Å²) in [6.45, 7) is 2.86. The number of carbonyl (C=O) groups excluding carboxylic acids is 2. The van der Waals surface area contributed by atoms with Crippen molar-refractivity contribution in [1.82, 2.24) is 14.8 Å². The Kier molecular flexibility index (Phi) is 6.28. The molecular weight excluding hydrogens is 485 g/mol. The van der Waals surface area contributed by atoms with Gasteiger partial charge in [-0.1, -0.05) is 23.7 Å². The number of amides is 2. The minimum atomic E-state index is -3.73. The fourth-order valence-electron chi connectivity index (χ4n) is 4.33. The van der Waals surface area contributed by atoms with Crippen LogP contribution in [0.25, 0.3) is 0 Å². The predicted octanol–water partition coefficient (Wildman–Crippen LogP) is 2.38. The first-order chi connectivity index (χ1) is 15.9. The summed E-state index contributed by atoms with van der Waals surface area (Å²) in [7, 11) is -3.73. The summed E-state index contributed by atoms with van der Waals surface area (Å²) >= 11 is 5.86. The Balaban J connectivity index is 1.51. The number of aromatic nitrogens is 1. The van der Waals surface area contributed by atoms with Crippen LogP contribution in [0.1, 0.15) is 53.2 Å². The van der Waals surface area contributed by atoms with Gasteiger partial charge < -0.3 is 19.9 Å². The normalized spacial score (nSPS) is 17.4. The first kappa shape index (κ1) is 24.7. The van der Waals surface area contributed by atoms with Gasteiger partial charge in [0.05, 0.1) is 16.1 Å².